The molecule has 4 atom stereocenters. The van der Waals surface area contributed by atoms with Gasteiger partial charge in [-0.15, -0.1) is 12.4 Å². The summed E-state index contributed by atoms with van der Waals surface area (Å²) in [5, 5.41) is 6.60. The lowest BCUT2D eigenvalue weighted by molar-refractivity contribution is -0.123. The minimum absolute atomic E-state index is 0. The second-order valence-electron chi connectivity index (χ2n) is 6.13. The van der Waals surface area contributed by atoms with Crippen molar-refractivity contribution >= 4 is 18.3 Å². The van der Waals surface area contributed by atoms with Crippen molar-refractivity contribution in [3.05, 3.63) is 0 Å². The average molecular weight is 275 g/mol. The Morgan fingerprint density at radius 1 is 1.28 bits per heavy atom. The Bertz CT molecular complexity index is 273. The fraction of sp³-hybridized carbons (Fsp3) is 0.929. The van der Waals surface area contributed by atoms with Crippen LogP contribution in [0, 0.1) is 17.8 Å². The highest BCUT2D eigenvalue weighted by Crippen LogP contribution is 2.32. The fourth-order valence-electron chi connectivity index (χ4n) is 3.27. The molecule has 1 saturated heterocycles. The Morgan fingerprint density at radius 3 is 2.67 bits per heavy atom. The lowest BCUT2D eigenvalue weighted by Crippen LogP contribution is -2.48. The Hall–Kier alpha value is -0.280. The van der Waals surface area contributed by atoms with Gasteiger partial charge in [-0.3, -0.25) is 4.79 Å². The van der Waals surface area contributed by atoms with Crippen LogP contribution >= 0.6 is 12.4 Å². The largest absolute Gasteiger partial charge is 0.353 e. The van der Waals surface area contributed by atoms with E-state index in [2.05, 4.69) is 24.5 Å². The topological polar surface area (TPSA) is 41.1 Å². The second-order valence-corrected chi connectivity index (χ2v) is 6.13. The summed E-state index contributed by atoms with van der Waals surface area (Å²) < 4.78 is 0. The third-order valence-corrected chi connectivity index (χ3v) is 4.41. The summed E-state index contributed by atoms with van der Waals surface area (Å²) in [5.41, 5.74) is 0. The molecule has 0 aromatic rings. The number of nitrogens with one attached hydrogen (secondary N) is 2. The van der Waals surface area contributed by atoms with Crippen LogP contribution in [0.2, 0.25) is 0 Å². The maximum absolute atomic E-state index is 12.0. The van der Waals surface area contributed by atoms with Gasteiger partial charge >= 0.3 is 0 Å². The van der Waals surface area contributed by atoms with E-state index in [-0.39, 0.29) is 18.3 Å². The van der Waals surface area contributed by atoms with Crippen molar-refractivity contribution in [3.8, 4) is 0 Å². The van der Waals surface area contributed by atoms with E-state index in [1.54, 1.807) is 0 Å². The zero-order chi connectivity index (χ0) is 12.3. The van der Waals surface area contributed by atoms with E-state index in [0.29, 0.717) is 17.9 Å². The van der Waals surface area contributed by atoms with E-state index in [4.69, 9.17) is 0 Å². The van der Waals surface area contributed by atoms with Crippen molar-refractivity contribution in [2.45, 2.75) is 52.0 Å². The Morgan fingerprint density at radius 2 is 2.06 bits per heavy atom. The summed E-state index contributed by atoms with van der Waals surface area (Å²) in [5.74, 6) is 2.31. The molecule has 0 bridgehead atoms. The number of carbonyl (C=O) groups excluding carboxylic acids is 1. The van der Waals surface area contributed by atoms with Gasteiger partial charge in [0.05, 0.1) is 0 Å². The van der Waals surface area contributed by atoms with Gasteiger partial charge in [-0.1, -0.05) is 20.3 Å². The van der Waals surface area contributed by atoms with Crippen LogP contribution in [0.1, 0.15) is 46.0 Å². The van der Waals surface area contributed by atoms with Gasteiger partial charge in [0.2, 0.25) is 5.91 Å². The molecule has 1 amide bonds. The molecule has 2 N–H and O–H groups in total. The van der Waals surface area contributed by atoms with Crippen LogP contribution in [-0.2, 0) is 4.79 Å². The molecule has 0 aromatic carbocycles. The first kappa shape index (κ1) is 15.8. The molecule has 1 aliphatic heterocycles. The van der Waals surface area contributed by atoms with Gasteiger partial charge < -0.3 is 10.6 Å². The van der Waals surface area contributed by atoms with E-state index in [1.807, 2.05) is 0 Å². The van der Waals surface area contributed by atoms with E-state index < -0.39 is 0 Å². The molecule has 106 valence electrons. The monoisotopic (exact) mass is 274 g/mol. The molecule has 4 heteroatoms. The van der Waals surface area contributed by atoms with Crippen molar-refractivity contribution < 1.29 is 4.79 Å². The second kappa shape index (κ2) is 7.34. The van der Waals surface area contributed by atoms with Crippen molar-refractivity contribution in [2.75, 3.05) is 13.1 Å². The summed E-state index contributed by atoms with van der Waals surface area (Å²) >= 11 is 0. The van der Waals surface area contributed by atoms with Gasteiger partial charge in [-0.25, -0.2) is 0 Å². The van der Waals surface area contributed by atoms with E-state index in [0.717, 1.165) is 31.8 Å². The van der Waals surface area contributed by atoms with E-state index in [9.17, 15) is 4.79 Å². The highest BCUT2D eigenvalue weighted by Gasteiger charge is 2.26. The van der Waals surface area contributed by atoms with Crippen LogP contribution in [0.3, 0.4) is 0 Å². The first-order valence-corrected chi connectivity index (χ1v) is 7.15. The number of rotatable bonds is 3. The van der Waals surface area contributed by atoms with Crippen LogP contribution in [0.5, 0.6) is 0 Å². The summed E-state index contributed by atoms with van der Waals surface area (Å²) in [6.45, 7) is 6.59. The SMILES string of the molecule is CC1CCC(CC(=O)NC2CCNCC2C)C1.Cl. The number of hydrogen-bond donors (Lipinski definition) is 2. The third kappa shape index (κ3) is 4.43. The lowest BCUT2D eigenvalue weighted by atomic mass is 9.94. The lowest BCUT2D eigenvalue weighted by Gasteiger charge is -2.30. The van der Waals surface area contributed by atoms with Gasteiger partial charge in [-0.05, 0) is 50.1 Å². The standard InChI is InChI=1S/C14H26N2O.ClH/c1-10-3-4-12(7-10)8-14(17)16-13-5-6-15-9-11(13)2;/h10-13,15H,3-9H2,1-2H3,(H,16,17);1H. The smallest absolute Gasteiger partial charge is 0.220 e. The van der Waals surface area contributed by atoms with E-state index >= 15 is 0 Å². The van der Waals surface area contributed by atoms with Crippen LogP contribution in [0.25, 0.3) is 0 Å². The van der Waals surface area contributed by atoms with Crippen LogP contribution < -0.4 is 10.6 Å². The molecule has 4 unspecified atom stereocenters. The maximum atomic E-state index is 12.0. The predicted molar refractivity (Wildman–Crippen MR) is 77.0 cm³/mol. The van der Waals surface area contributed by atoms with Crippen molar-refractivity contribution in [1.82, 2.24) is 10.6 Å². The molecule has 1 saturated carbocycles. The number of piperidine rings is 1. The molecule has 2 fully saturated rings. The van der Waals surface area contributed by atoms with Gasteiger partial charge in [0.25, 0.3) is 0 Å². The molecule has 3 nitrogen and oxygen atoms in total. The van der Waals surface area contributed by atoms with Gasteiger partial charge in [0.1, 0.15) is 0 Å². The zero-order valence-electron chi connectivity index (χ0n) is 11.6. The highest BCUT2D eigenvalue weighted by atomic mass is 35.5. The molecule has 2 aliphatic rings. The summed E-state index contributed by atoms with van der Waals surface area (Å²) in [6.07, 6.45) is 5.63. The van der Waals surface area contributed by atoms with Crippen LogP contribution in [0.15, 0.2) is 0 Å². The molecule has 1 aliphatic carbocycles. The Labute approximate surface area is 117 Å². The molecular weight excluding hydrogens is 248 g/mol. The minimum atomic E-state index is 0. The first-order chi connectivity index (χ1) is 8.15. The van der Waals surface area contributed by atoms with E-state index in [1.165, 1.54) is 19.3 Å². The molecular formula is C14H27ClN2O. The first-order valence-electron chi connectivity index (χ1n) is 7.15. The molecule has 0 spiro atoms. The molecule has 0 radical (unpaired) electrons. The highest BCUT2D eigenvalue weighted by molar-refractivity contribution is 5.85. The Kier molecular flexibility index (Phi) is 6.44. The molecule has 18 heavy (non-hydrogen) atoms. The number of carbonyl (C=O) groups is 1. The van der Waals surface area contributed by atoms with Gasteiger partial charge in [0, 0.05) is 12.5 Å². The fourth-order valence-corrected chi connectivity index (χ4v) is 3.27. The quantitative estimate of drug-likeness (QED) is 0.830. The number of amides is 1. The normalized spacial score (nSPS) is 35.9. The van der Waals surface area contributed by atoms with Crippen molar-refractivity contribution in [3.63, 3.8) is 0 Å². The van der Waals surface area contributed by atoms with Gasteiger partial charge in [0.15, 0.2) is 0 Å². The zero-order valence-corrected chi connectivity index (χ0v) is 12.4. The van der Waals surface area contributed by atoms with Crippen molar-refractivity contribution in [1.29, 1.82) is 0 Å². The van der Waals surface area contributed by atoms with Crippen LogP contribution in [-0.4, -0.2) is 25.0 Å². The maximum Gasteiger partial charge on any atom is 0.220 e. The predicted octanol–water partition coefficient (Wildman–Crippen LogP) is 2.35. The minimum Gasteiger partial charge on any atom is -0.353 e. The molecule has 2 rings (SSSR count). The Balaban J connectivity index is 0.00000162. The average Bonchev–Trinajstić information content (AvgIpc) is 2.67. The summed E-state index contributed by atoms with van der Waals surface area (Å²) in [6, 6.07) is 0.391. The summed E-state index contributed by atoms with van der Waals surface area (Å²) in [7, 11) is 0. The number of halogens is 1. The number of hydrogen-bond acceptors (Lipinski definition) is 2. The summed E-state index contributed by atoms with van der Waals surface area (Å²) in [4.78, 5) is 12.0. The van der Waals surface area contributed by atoms with Gasteiger partial charge in [-0.2, -0.15) is 0 Å². The molecule has 0 aromatic heterocycles. The molecule has 1 heterocycles. The van der Waals surface area contributed by atoms with Crippen LogP contribution in [0.4, 0.5) is 0 Å². The third-order valence-electron chi connectivity index (χ3n) is 4.41. The van der Waals surface area contributed by atoms with Crippen molar-refractivity contribution in [2.24, 2.45) is 17.8 Å².